The van der Waals surface area contributed by atoms with Crippen LogP contribution in [-0.4, -0.2) is 51.5 Å². The van der Waals surface area contributed by atoms with E-state index in [1.54, 1.807) is 16.7 Å². The zero-order chi connectivity index (χ0) is 19.8. The Hall–Kier alpha value is -1.68. The minimum Gasteiger partial charge on any atom is -0.367 e. The molecule has 0 unspecified atom stereocenters. The smallest absolute Gasteiger partial charge is 0.367 e. The molecule has 27 heavy (non-hydrogen) atoms. The van der Waals surface area contributed by atoms with Gasteiger partial charge in [-0.2, -0.15) is 13.2 Å². The number of fused-ring (bicyclic) bond motifs is 1. The molecule has 2 saturated heterocycles. The molecule has 2 N–H and O–H groups in total. The Morgan fingerprint density at radius 1 is 1.48 bits per heavy atom. The Labute approximate surface area is 163 Å². The number of hydrogen-bond donors (Lipinski definition) is 2. The lowest BCUT2D eigenvalue weighted by Crippen LogP contribution is -2.50. The lowest BCUT2D eigenvalue weighted by Gasteiger charge is -2.29. The highest BCUT2D eigenvalue weighted by atomic mass is 35.5. The van der Waals surface area contributed by atoms with Crippen LogP contribution >= 0.6 is 23.4 Å². The maximum Gasteiger partial charge on any atom is 0.417 e. The van der Waals surface area contributed by atoms with Crippen LogP contribution in [0.1, 0.15) is 25.3 Å². The third-order valence-electron chi connectivity index (χ3n) is 4.63. The molecule has 3 rings (SSSR count). The first-order valence-corrected chi connectivity index (χ1v) is 9.68. The first-order valence-electron chi connectivity index (χ1n) is 8.32. The summed E-state index contributed by atoms with van der Waals surface area (Å²) in [7, 11) is 0. The van der Waals surface area contributed by atoms with Gasteiger partial charge >= 0.3 is 6.18 Å². The number of carbonyl (C=O) groups is 2. The normalized spacial score (nSPS) is 24.9. The van der Waals surface area contributed by atoms with Gasteiger partial charge in [0.1, 0.15) is 11.9 Å². The topological polar surface area (TPSA) is 74.3 Å². The fourth-order valence-corrected chi connectivity index (χ4v) is 4.89. The number of aromatic nitrogens is 1. The molecule has 2 atom stereocenters. The van der Waals surface area contributed by atoms with Crippen LogP contribution in [-0.2, 0) is 15.8 Å². The monoisotopic (exact) mass is 422 g/mol. The second-order valence-electron chi connectivity index (χ2n) is 6.54. The quantitative estimate of drug-likeness (QED) is 0.714. The summed E-state index contributed by atoms with van der Waals surface area (Å²) < 4.78 is 37.8. The third kappa shape index (κ3) is 4.11. The molecule has 11 heteroatoms. The van der Waals surface area contributed by atoms with Gasteiger partial charge in [0.2, 0.25) is 11.8 Å². The number of thioether (sulfide) groups is 1. The molecule has 0 radical (unpaired) electrons. The summed E-state index contributed by atoms with van der Waals surface area (Å²) in [6.07, 6.45) is -2.63. The van der Waals surface area contributed by atoms with E-state index in [9.17, 15) is 22.8 Å². The van der Waals surface area contributed by atoms with Crippen molar-refractivity contribution in [1.29, 1.82) is 0 Å². The summed E-state index contributed by atoms with van der Waals surface area (Å²) in [5.41, 5.74) is -0.927. The third-order valence-corrected chi connectivity index (χ3v) is 6.43. The number of alkyl halides is 3. The van der Waals surface area contributed by atoms with Gasteiger partial charge in [0.05, 0.1) is 15.5 Å². The zero-order valence-corrected chi connectivity index (χ0v) is 16.0. The van der Waals surface area contributed by atoms with Gasteiger partial charge in [0, 0.05) is 31.5 Å². The van der Waals surface area contributed by atoms with Crippen LogP contribution in [0.15, 0.2) is 12.3 Å². The van der Waals surface area contributed by atoms with Gasteiger partial charge in [-0.05, 0) is 19.4 Å². The number of pyridine rings is 1. The maximum absolute atomic E-state index is 12.6. The second-order valence-corrected chi connectivity index (χ2v) is 8.44. The van der Waals surface area contributed by atoms with Gasteiger partial charge in [-0.3, -0.25) is 9.59 Å². The summed E-state index contributed by atoms with van der Waals surface area (Å²) in [5, 5.41) is 5.38. The van der Waals surface area contributed by atoms with Crippen LogP contribution in [0.5, 0.6) is 0 Å². The van der Waals surface area contributed by atoms with Crippen molar-refractivity contribution in [2.24, 2.45) is 0 Å². The molecule has 2 aliphatic rings. The summed E-state index contributed by atoms with van der Waals surface area (Å²) in [4.78, 5) is 29.5. The van der Waals surface area contributed by atoms with E-state index in [0.717, 1.165) is 12.5 Å². The highest BCUT2D eigenvalue weighted by Crippen LogP contribution is 2.47. The van der Waals surface area contributed by atoms with Crippen LogP contribution in [0.25, 0.3) is 0 Å². The van der Waals surface area contributed by atoms with E-state index < -0.39 is 17.8 Å². The number of carbonyl (C=O) groups excluding carboxylic acids is 2. The predicted octanol–water partition coefficient (Wildman–Crippen LogP) is 2.74. The highest BCUT2D eigenvalue weighted by Gasteiger charge is 2.52. The Bertz CT molecular complexity index is 764. The van der Waals surface area contributed by atoms with Crippen molar-refractivity contribution in [2.45, 2.75) is 36.9 Å². The average Bonchev–Trinajstić information content (AvgIpc) is 3.08. The average molecular weight is 423 g/mol. The standard InChI is InChI=1S/C16H18ClF3N4O2S/c1-15-3-2-12(25)24(15)11(8-27-15)14(26)22-5-4-21-13-10(17)6-9(7-23-13)16(18,19)20/h6-7,11H,2-5,8H2,1H3,(H,21,23)(H,22,26)/t11-,15+/m0/s1. The van der Waals surface area contributed by atoms with E-state index in [4.69, 9.17) is 11.6 Å². The Morgan fingerprint density at radius 3 is 2.89 bits per heavy atom. The van der Waals surface area contributed by atoms with Crippen molar-refractivity contribution in [2.75, 3.05) is 24.2 Å². The van der Waals surface area contributed by atoms with Crippen LogP contribution in [0.3, 0.4) is 0 Å². The van der Waals surface area contributed by atoms with Crippen molar-refractivity contribution in [3.63, 3.8) is 0 Å². The first kappa shape index (κ1) is 20.1. The molecule has 0 saturated carbocycles. The minimum atomic E-state index is -4.51. The van der Waals surface area contributed by atoms with Gasteiger partial charge in [-0.1, -0.05) is 11.6 Å². The Kier molecular flexibility index (Phi) is 5.49. The van der Waals surface area contributed by atoms with Crippen molar-refractivity contribution < 1.29 is 22.8 Å². The summed E-state index contributed by atoms with van der Waals surface area (Å²) >= 11 is 7.42. The fraction of sp³-hybridized carbons (Fsp3) is 0.562. The highest BCUT2D eigenvalue weighted by molar-refractivity contribution is 8.01. The minimum absolute atomic E-state index is 0.0125. The number of amides is 2. The van der Waals surface area contributed by atoms with Gasteiger partial charge in [0.25, 0.3) is 0 Å². The number of anilines is 1. The molecule has 2 fully saturated rings. The Balaban J connectivity index is 1.49. The summed E-state index contributed by atoms with van der Waals surface area (Å²) in [5.74, 6) is 0.405. The van der Waals surface area contributed by atoms with Crippen LogP contribution < -0.4 is 10.6 Å². The molecular formula is C16H18ClF3N4O2S. The molecular weight excluding hydrogens is 405 g/mol. The molecule has 3 heterocycles. The van der Waals surface area contributed by atoms with Crippen LogP contribution in [0.4, 0.5) is 19.0 Å². The largest absolute Gasteiger partial charge is 0.417 e. The lowest BCUT2D eigenvalue weighted by molar-refractivity contribution is -0.138. The predicted molar refractivity (Wildman–Crippen MR) is 96.5 cm³/mol. The molecule has 1 aromatic rings. The number of nitrogens with one attached hydrogen (secondary N) is 2. The van der Waals surface area contributed by atoms with E-state index in [2.05, 4.69) is 15.6 Å². The van der Waals surface area contributed by atoms with Gasteiger partial charge < -0.3 is 15.5 Å². The van der Waals surface area contributed by atoms with Gasteiger partial charge in [0.15, 0.2) is 0 Å². The molecule has 0 aliphatic carbocycles. The van der Waals surface area contributed by atoms with Gasteiger partial charge in [-0.15, -0.1) is 11.8 Å². The van der Waals surface area contributed by atoms with E-state index >= 15 is 0 Å². The van der Waals surface area contributed by atoms with Gasteiger partial charge in [-0.25, -0.2) is 4.98 Å². The molecule has 0 spiro atoms. The SMILES string of the molecule is C[C@@]12CCC(=O)N1[C@H](C(=O)NCCNc1ncc(C(F)(F)F)cc1Cl)CS2. The van der Waals surface area contributed by atoms with Crippen molar-refractivity contribution in [1.82, 2.24) is 15.2 Å². The van der Waals surface area contributed by atoms with Crippen molar-refractivity contribution in [3.8, 4) is 0 Å². The number of nitrogens with zero attached hydrogens (tertiary/aromatic N) is 2. The summed E-state index contributed by atoms with van der Waals surface area (Å²) in [6, 6.07) is 0.299. The molecule has 2 aliphatic heterocycles. The van der Waals surface area contributed by atoms with E-state index in [-0.39, 0.29) is 40.6 Å². The number of hydrogen-bond acceptors (Lipinski definition) is 5. The first-order chi connectivity index (χ1) is 12.6. The Morgan fingerprint density at radius 2 is 2.22 bits per heavy atom. The summed E-state index contributed by atoms with van der Waals surface area (Å²) in [6.45, 7) is 2.42. The zero-order valence-electron chi connectivity index (χ0n) is 14.4. The van der Waals surface area contributed by atoms with Crippen LogP contribution in [0.2, 0.25) is 5.02 Å². The lowest BCUT2D eigenvalue weighted by atomic mass is 10.2. The second kappa shape index (κ2) is 7.38. The molecule has 148 valence electrons. The molecule has 2 amide bonds. The van der Waals surface area contributed by atoms with Crippen molar-refractivity contribution in [3.05, 3.63) is 22.8 Å². The van der Waals surface area contributed by atoms with E-state index in [1.165, 1.54) is 0 Å². The number of halogens is 4. The molecule has 1 aromatic heterocycles. The number of rotatable bonds is 5. The van der Waals surface area contributed by atoms with Crippen LogP contribution in [0, 0.1) is 0 Å². The fourth-order valence-electron chi connectivity index (χ4n) is 3.22. The molecule has 6 nitrogen and oxygen atoms in total. The van der Waals surface area contributed by atoms with E-state index in [0.29, 0.717) is 18.4 Å². The molecule has 0 bridgehead atoms. The maximum atomic E-state index is 12.6. The molecule has 0 aromatic carbocycles. The van der Waals surface area contributed by atoms with E-state index in [1.807, 2.05) is 6.92 Å². The van der Waals surface area contributed by atoms with Crippen molar-refractivity contribution >= 4 is 41.0 Å².